The highest BCUT2D eigenvalue weighted by Crippen LogP contribution is 2.21. The second-order valence-corrected chi connectivity index (χ2v) is 5.26. The van der Waals surface area contributed by atoms with E-state index in [1.54, 1.807) is 6.33 Å². The van der Waals surface area contributed by atoms with Gasteiger partial charge in [0, 0.05) is 25.2 Å². The van der Waals surface area contributed by atoms with E-state index in [4.69, 9.17) is 4.74 Å². The van der Waals surface area contributed by atoms with Gasteiger partial charge in [-0.15, -0.1) is 0 Å². The fourth-order valence-corrected chi connectivity index (χ4v) is 2.60. The summed E-state index contributed by atoms with van der Waals surface area (Å²) in [7, 11) is 0. The van der Waals surface area contributed by atoms with Crippen LogP contribution in [0.2, 0.25) is 0 Å². The topological polar surface area (TPSA) is 50.3 Å². The summed E-state index contributed by atoms with van der Waals surface area (Å²) in [5.41, 5.74) is 0. The van der Waals surface area contributed by atoms with Crippen molar-refractivity contribution in [2.24, 2.45) is 0 Å². The predicted octanol–water partition coefficient (Wildman–Crippen LogP) is 2.23. The van der Waals surface area contributed by atoms with Gasteiger partial charge in [-0.3, -0.25) is 0 Å². The molecule has 1 saturated heterocycles. The lowest BCUT2D eigenvalue weighted by molar-refractivity contribution is 0.304. The first-order valence-electron chi connectivity index (χ1n) is 7.77. The quantitative estimate of drug-likeness (QED) is 0.829. The maximum Gasteiger partial charge on any atom is 0.218 e. The molecule has 0 spiro atoms. The second kappa shape index (κ2) is 8.04. The Bertz CT molecular complexity index is 393. The molecule has 1 fully saturated rings. The lowest BCUT2D eigenvalue weighted by Gasteiger charge is -2.35. The van der Waals surface area contributed by atoms with E-state index >= 15 is 0 Å². The Kier molecular flexibility index (Phi) is 6.05. The monoisotopic (exact) mass is 278 g/mol. The summed E-state index contributed by atoms with van der Waals surface area (Å²) >= 11 is 0. The van der Waals surface area contributed by atoms with Crippen molar-refractivity contribution in [1.29, 1.82) is 0 Å². The molecule has 5 heteroatoms. The zero-order valence-corrected chi connectivity index (χ0v) is 12.6. The molecule has 0 aromatic carbocycles. The van der Waals surface area contributed by atoms with Crippen LogP contribution in [0.25, 0.3) is 0 Å². The molecule has 1 aromatic heterocycles. The molecule has 2 heterocycles. The zero-order valence-electron chi connectivity index (χ0n) is 12.6. The predicted molar refractivity (Wildman–Crippen MR) is 81.3 cm³/mol. The van der Waals surface area contributed by atoms with Crippen molar-refractivity contribution in [3.05, 3.63) is 12.4 Å². The largest absolute Gasteiger partial charge is 0.478 e. The van der Waals surface area contributed by atoms with E-state index < -0.39 is 0 Å². The molecular weight excluding hydrogens is 252 g/mol. The molecule has 5 nitrogen and oxygen atoms in total. The third-order valence-corrected chi connectivity index (χ3v) is 3.55. The molecule has 1 N–H and O–H groups in total. The van der Waals surface area contributed by atoms with Crippen molar-refractivity contribution >= 4 is 5.82 Å². The fraction of sp³-hybridized carbons (Fsp3) is 0.733. The second-order valence-electron chi connectivity index (χ2n) is 5.26. The van der Waals surface area contributed by atoms with Crippen LogP contribution in [0.5, 0.6) is 5.88 Å². The average molecular weight is 278 g/mol. The van der Waals surface area contributed by atoms with Crippen LogP contribution in [-0.2, 0) is 0 Å². The number of hydrogen-bond acceptors (Lipinski definition) is 5. The van der Waals surface area contributed by atoms with Gasteiger partial charge < -0.3 is 15.0 Å². The van der Waals surface area contributed by atoms with Crippen LogP contribution in [0.3, 0.4) is 0 Å². The summed E-state index contributed by atoms with van der Waals surface area (Å²) in [6.07, 6.45) is 6.17. The van der Waals surface area contributed by atoms with E-state index in [0.717, 1.165) is 38.3 Å². The molecule has 0 bridgehead atoms. The molecule has 0 amide bonds. The van der Waals surface area contributed by atoms with Gasteiger partial charge in [-0.05, 0) is 32.2 Å². The third kappa shape index (κ3) is 4.07. The molecule has 1 aliphatic rings. The van der Waals surface area contributed by atoms with Crippen LogP contribution in [0.1, 0.15) is 39.5 Å². The molecular formula is C15H26N4O. The molecule has 20 heavy (non-hydrogen) atoms. The molecule has 1 unspecified atom stereocenters. The highest BCUT2D eigenvalue weighted by molar-refractivity contribution is 5.42. The van der Waals surface area contributed by atoms with E-state index in [-0.39, 0.29) is 0 Å². The third-order valence-electron chi connectivity index (χ3n) is 3.55. The van der Waals surface area contributed by atoms with Gasteiger partial charge in [0.05, 0.1) is 6.61 Å². The molecule has 1 atom stereocenters. The number of hydrogen-bond donors (Lipinski definition) is 1. The number of rotatable bonds is 7. The Labute approximate surface area is 121 Å². The van der Waals surface area contributed by atoms with Gasteiger partial charge in [-0.25, -0.2) is 9.97 Å². The first-order valence-corrected chi connectivity index (χ1v) is 7.77. The van der Waals surface area contributed by atoms with E-state index in [1.807, 2.05) is 6.07 Å². The standard InChI is InChI=1S/C15H26N4O/c1-3-8-19(13-6-5-7-16-11-13)14-10-15(18-12-17-14)20-9-4-2/h10,12-13,16H,3-9,11H2,1-2H3. The number of nitrogens with zero attached hydrogens (tertiary/aromatic N) is 3. The minimum absolute atomic E-state index is 0.526. The van der Waals surface area contributed by atoms with Gasteiger partial charge in [-0.1, -0.05) is 13.8 Å². The Hall–Kier alpha value is -1.36. The van der Waals surface area contributed by atoms with E-state index in [1.165, 1.54) is 12.8 Å². The minimum Gasteiger partial charge on any atom is -0.478 e. The minimum atomic E-state index is 0.526. The summed E-state index contributed by atoms with van der Waals surface area (Å²) in [4.78, 5) is 11.0. The smallest absolute Gasteiger partial charge is 0.218 e. The highest BCUT2D eigenvalue weighted by atomic mass is 16.5. The Morgan fingerprint density at radius 2 is 2.25 bits per heavy atom. The molecule has 0 saturated carbocycles. The van der Waals surface area contributed by atoms with Crippen LogP contribution in [-0.4, -0.2) is 42.3 Å². The molecule has 1 aromatic rings. The van der Waals surface area contributed by atoms with Crippen molar-refractivity contribution in [1.82, 2.24) is 15.3 Å². The molecule has 2 rings (SSSR count). The van der Waals surface area contributed by atoms with Crippen LogP contribution in [0.4, 0.5) is 5.82 Å². The van der Waals surface area contributed by atoms with Crippen LogP contribution < -0.4 is 15.0 Å². The number of aromatic nitrogens is 2. The van der Waals surface area contributed by atoms with Gasteiger partial charge >= 0.3 is 0 Å². The molecule has 0 aliphatic carbocycles. The van der Waals surface area contributed by atoms with Gasteiger partial charge in [-0.2, -0.15) is 0 Å². The fourth-order valence-electron chi connectivity index (χ4n) is 2.60. The van der Waals surface area contributed by atoms with Crippen LogP contribution in [0, 0.1) is 0 Å². The van der Waals surface area contributed by atoms with Crippen molar-refractivity contribution in [3.8, 4) is 5.88 Å². The van der Waals surface area contributed by atoms with Gasteiger partial charge in [0.25, 0.3) is 0 Å². The lowest BCUT2D eigenvalue weighted by atomic mass is 10.1. The molecule has 1 aliphatic heterocycles. The van der Waals surface area contributed by atoms with E-state index in [9.17, 15) is 0 Å². The first-order chi connectivity index (χ1) is 9.85. The van der Waals surface area contributed by atoms with Gasteiger partial charge in [0.15, 0.2) is 0 Å². The van der Waals surface area contributed by atoms with Gasteiger partial charge in [0.1, 0.15) is 12.1 Å². The summed E-state index contributed by atoms with van der Waals surface area (Å²) in [5, 5.41) is 3.48. The Morgan fingerprint density at radius 1 is 1.35 bits per heavy atom. The van der Waals surface area contributed by atoms with Crippen molar-refractivity contribution in [3.63, 3.8) is 0 Å². The Morgan fingerprint density at radius 3 is 2.95 bits per heavy atom. The van der Waals surface area contributed by atoms with Crippen molar-refractivity contribution in [2.45, 2.75) is 45.6 Å². The zero-order chi connectivity index (χ0) is 14.2. The lowest BCUT2D eigenvalue weighted by Crippen LogP contribution is -2.46. The summed E-state index contributed by atoms with van der Waals surface area (Å²) in [5.74, 6) is 1.67. The van der Waals surface area contributed by atoms with E-state index in [2.05, 4.69) is 34.0 Å². The SMILES string of the molecule is CCCOc1cc(N(CCC)C2CCCNC2)ncn1. The Balaban J connectivity index is 2.10. The molecule has 0 radical (unpaired) electrons. The maximum atomic E-state index is 5.62. The number of nitrogens with one attached hydrogen (secondary N) is 1. The van der Waals surface area contributed by atoms with E-state index in [0.29, 0.717) is 18.5 Å². The van der Waals surface area contributed by atoms with Crippen molar-refractivity contribution < 1.29 is 4.74 Å². The maximum absolute atomic E-state index is 5.62. The molecule has 112 valence electrons. The van der Waals surface area contributed by atoms with Crippen LogP contribution >= 0.6 is 0 Å². The number of anilines is 1. The summed E-state index contributed by atoms with van der Waals surface area (Å²) in [6.45, 7) is 8.20. The van der Waals surface area contributed by atoms with Crippen molar-refractivity contribution in [2.75, 3.05) is 31.1 Å². The number of piperidine rings is 1. The summed E-state index contributed by atoms with van der Waals surface area (Å²) < 4.78 is 5.62. The average Bonchev–Trinajstić information content (AvgIpc) is 2.52. The summed E-state index contributed by atoms with van der Waals surface area (Å²) in [6, 6.07) is 2.50. The highest BCUT2D eigenvalue weighted by Gasteiger charge is 2.22. The first kappa shape index (κ1) is 15.0. The normalized spacial score (nSPS) is 18.8. The van der Waals surface area contributed by atoms with Crippen LogP contribution in [0.15, 0.2) is 12.4 Å². The van der Waals surface area contributed by atoms with Gasteiger partial charge in [0.2, 0.25) is 5.88 Å². The number of ether oxygens (including phenoxy) is 1.